The van der Waals surface area contributed by atoms with Gasteiger partial charge in [-0.05, 0) is 24.3 Å². The number of benzene rings is 2. The molecule has 0 unspecified atom stereocenters. The van der Waals surface area contributed by atoms with Crippen LogP contribution in [0.15, 0.2) is 30.3 Å². The summed E-state index contributed by atoms with van der Waals surface area (Å²) in [4.78, 5) is 0. The summed E-state index contributed by atoms with van der Waals surface area (Å²) in [6.07, 6.45) is 0. The number of hydrogen-bond donors (Lipinski definition) is 0. The van der Waals surface area contributed by atoms with E-state index in [-0.39, 0.29) is 6.61 Å². The average Bonchev–Trinajstić information content (AvgIpc) is 2.46. The van der Waals surface area contributed by atoms with E-state index in [1.54, 1.807) is 30.3 Å². The van der Waals surface area contributed by atoms with E-state index in [1.165, 1.54) is 0 Å². The third-order valence-corrected chi connectivity index (χ3v) is 4.24. The maximum atomic E-state index is 8.82. The molecule has 0 heterocycles. The molecule has 0 aliphatic rings. The van der Waals surface area contributed by atoms with Crippen molar-refractivity contribution in [2.45, 2.75) is 11.9 Å². The van der Waals surface area contributed by atoms with Crippen LogP contribution in [0.1, 0.15) is 16.7 Å². The van der Waals surface area contributed by atoms with Crippen molar-refractivity contribution in [2.75, 3.05) is 0 Å². The monoisotopic (exact) mass is 403 g/mol. The Balaban J connectivity index is 2.23. The molecule has 0 saturated carbocycles. The lowest BCUT2D eigenvalue weighted by molar-refractivity contribution is 0.304. The van der Waals surface area contributed by atoms with Crippen LogP contribution in [0, 0.1) is 11.3 Å². The van der Waals surface area contributed by atoms with Crippen LogP contribution in [0.5, 0.6) is 5.75 Å². The second-order valence-corrected chi connectivity index (χ2v) is 6.03. The molecular weight excluding hydrogens is 396 g/mol. The van der Waals surface area contributed by atoms with Crippen LogP contribution in [0.3, 0.4) is 0 Å². The molecule has 2 rings (SSSR count). The van der Waals surface area contributed by atoms with E-state index in [2.05, 4.69) is 15.9 Å². The van der Waals surface area contributed by atoms with Gasteiger partial charge in [0.05, 0.1) is 16.7 Å². The number of halogens is 4. The summed E-state index contributed by atoms with van der Waals surface area (Å²) >= 11 is 21.6. The minimum absolute atomic E-state index is 0.256. The van der Waals surface area contributed by atoms with E-state index in [1.807, 2.05) is 6.07 Å². The summed E-state index contributed by atoms with van der Waals surface area (Å²) < 4.78 is 5.77. The van der Waals surface area contributed by atoms with E-state index in [9.17, 15) is 0 Å². The van der Waals surface area contributed by atoms with E-state index in [4.69, 9.17) is 44.8 Å². The molecule has 0 aromatic heterocycles. The van der Waals surface area contributed by atoms with E-state index < -0.39 is 0 Å². The summed E-state index contributed by atoms with van der Waals surface area (Å²) in [6, 6.07) is 10.5. The largest absolute Gasteiger partial charge is 0.487 e. The van der Waals surface area contributed by atoms with Crippen molar-refractivity contribution in [3.8, 4) is 11.8 Å². The second-order valence-electron chi connectivity index (χ2n) is 4.22. The molecule has 2 aromatic rings. The van der Waals surface area contributed by atoms with Gasteiger partial charge in [0.1, 0.15) is 12.4 Å². The van der Waals surface area contributed by atoms with Crippen molar-refractivity contribution in [2.24, 2.45) is 0 Å². The van der Waals surface area contributed by atoms with Crippen molar-refractivity contribution in [1.82, 2.24) is 0 Å². The quantitative estimate of drug-likeness (QED) is 0.585. The summed E-state index contributed by atoms with van der Waals surface area (Å²) in [5.74, 6) is 0.568. The van der Waals surface area contributed by atoms with E-state index in [0.717, 1.165) is 11.1 Å². The van der Waals surface area contributed by atoms with Crippen LogP contribution in [-0.4, -0.2) is 0 Å². The molecule has 108 valence electrons. The Hall–Kier alpha value is -0.920. The zero-order valence-corrected chi connectivity index (χ0v) is 14.5. The zero-order chi connectivity index (χ0) is 15.4. The summed E-state index contributed by atoms with van der Waals surface area (Å²) in [7, 11) is 0. The molecule has 6 heteroatoms. The average molecular weight is 406 g/mol. The Morgan fingerprint density at radius 1 is 1.05 bits per heavy atom. The Morgan fingerprint density at radius 3 is 2.43 bits per heavy atom. The molecule has 2 aromatic carbocycles. The van der Waals surface area contributed by atoms with Crippen LogP contribution in [0.4, 0.5) is 0 Å². The molecule has 0 saturated heterocycles. The van der Waals surface area contributed by atoms with Crippen LogP contribution < -0.4 is 4.74 Å². The van der Waals surface area contributed by atoms with Crippen LogP contribution in [0.2, 0.25) is 15.1 Å². The maximum absolute atomic E-state index is 8.82. The molecule has 0 fully saturated rings. The van der Waals surface area contributed by atoms with Gasteiger partial charge in [-0.2, -0.15) is 5.26 Å². The highest BCUT2D eigenvalue weighted by Gasteiger charge is 2.11. The van der Waals surface area contributed by atoms with Gasteiger partial charge in [-0.15, -0.1) is 0 Å². The molecule has 0 amide bonds. The zero-order valence-electron chi connectivity index (χ0n) is 10.7. The molecule has 0 aliphatic heterocycles. The number of ether oxygens (including phenoxy) is 1. The summed E-state index contributed by atoms with van der Waals surface area (Å²) in [5, 5.41) is 10.9. The van der Waals surface area contributed by atoms with Gasteiger partial charge in [-0.1, -0.05) is 56.8 Å². The van der Waals surface area contributed by atoms with Crippen molar-refractivity contribution < 1.29 is 4.74 Å². The van der Waals surface area contributed by atoms with Crippen LogP contribution in [0.25, 0.3) is 0 Å². The fraction of sp³-hybridized carbons (Fsp3) is 0.133. The third-order valence-electron chi connectivity index (χ3n) is 2.78. The predicted molar refractivity (Wildman–Crippen MR) is 89.6 cm³/mol. The molecule has 0 radical (unpaired) electrons. The number of nitrogens with zero attached hydrogens (tertiary/aromatic N) is 1. The highest BCUT2D eigenvalue weighted by atomic mass is 79.9. The predicted octanol–water partition coefficient (Wildman–Crippen LogP) is 5.99. The summed E-state index contributed by atoms with van der Waals surface area (Å²) in [5.41, 5.74) is 2.15. The molecule has 0 N–H and O–H groups in total. The van der Waals surface area contributed by atoms with Gasteiger partial charge in [0.15, 0.2) is 0 Å². The van der Waals surface area contributed by atoms with Crippen molar-refractivity contribution in [1.29, 1.82) is 5.26 Å². The number of alkyl halides is 1. The lowest BCUT2D eigenvalue weighted by Gasteiger charge is -2.13. The van der Waals surface area contributed by atoms with Crippen molar-refractivity contribution >= 4 is 50.7 Å². The Morgan fingerprint density at radius 2 is 1.81 bits per heavy atom. The number of nitriles is 1. The third kappa shape index (κ3) is 4.05. The first-order valence-electron chi connectivity index (χ1n) is 5.90. The summed E-state index contributed by atoms with van der Waals surface area (Å²) in [6.45, 7) is 0.256. The van der Waals surface area contributed by atoms with Crippen molar-refractivity contribution in [3.63, 3.8) is 0 Å². The molecule has 0 aliphatic carbocycles. The Bertz CT molecular complexity index is 713. The fourth-order valence-corrected chi connectivity index (χ4v) is 3.00. The van der Waals surface area contributed by atoms with Crippen LogP contribution >= 0.6 is 50.7 Å². The first-order chi connectivity index (χ1) is 10.0. The van der Waals surface area contributed by atoms with Gasteiger partial charge in [0.2, 0.25) is 0 Å². The fourth-order valence-electron chi connectivity index (χ4n) is 1.76. The first kappa shape index (κ1) is 16.5. The second kappa shape index (κ2) is 7.38. The first-order valence-corrected chi connectivity index (χ1v) is 8.16. The lowest BCUT2D eigenvalue weighted by Crippen LogP contribution is -2.00. The smallest absolute Gasteiger partial charge is 0.142 e. The normalized spacial score (nSPS) is 10.2. The Labute approximate surface area is 146 Å². The minimum atomic E-state index is 0.256. The van der Waals surface area contributed by atoms with Gasteiger partial charge in [-0.25, -0.2) is 0 Å². The van der Waals surface area contributed by atoms with Crippen LogP contribution in [-0.2, 0) is 11.9 Å². The number of hydrogen-bond acceptors (Lipinski definition) is 2. The van der Waals surface area contributed by atoms with Gasteiger partial charge in [0, 0.05) is 26.5 Å². The van der Waals surface area contributed by atoms with E-state index in [0.29, 0.717) is 31.7 Å². The van der Waals surface area contributed by atoms with Gasteiger partial charge >= 0.3 is 0 Å². The standard InChI is InChI=1S/C15H9BrCl3NO/c16-6-11-4-12(17)5-14(19)15(11)21-8-10-2-1-9(7-20)3-13(10)18/h1-5H,6,8H2. The van der Waals surface area contributed by atoms with Gasteiger partial charge < -0.3 is 4.74 Å². The lowest BCUT2D eigenvalue weighted by atomic mass is 10.1. The van der Waals surface area contributed by atoms with Crippen molar-refractivity contribution in [3.05, 3.63) is 62.1 Å². The molecule has 0 atom stereocenters. The highest BCUT2D eigenvalue weighted by Crippen LogP contribution is 2.34. The molecular formula is C15H9BrCl3NO. The molecule has 0 spiro atoms. The molecule has 21 heavy (non-hydrogen) atoms. The SMILES string of the molecule is N#Cc1ccc(COc2c(Cl)cc(Cl)cc2CBr)c(Cl)c1. The topological polar surface area (TPSA) is 33.0 Å². The molecule has 2 nitrogen and oxygen atoms in total. The van der Waals surface area contributed by atoms with Gasteiger partial charge in [0.25, 0.3) is 0 Å². The van der Waals surface area contributed by atoms with E-state index >= 15 is 0 Å². The number of rotatable bonds is 4. The maximum Gasteiger partial charge on any atom is 0.142 e. The Kier molecular flexibility index (Phi) is 5.78. The van der Waals surface area contributed by atoms with Gasteiger partial charge in [-0.3, -0.25) is 0 Å². The molecule has 0 bridgehead atoms. The highest BCUT2D eigenvalue weighted by molar-refractivity contribution is 9.08. The minimum Gasteiger partial charge on any atom is -0.487 e.